The number of amides is 1. The number of nitrogens with one attached hydrogen (secondary N) is 2. The molecule has 7 heteroatoms. The van der Waals surface area contributed by atoms with Crippen molar-refractivity contribution in [3.63, 3.8) is 0 Å². The lowest BCUT2D eigenvalue weighted by atomic mass is 9.82. The van der Waals surface area contributed by atoms with Crippen LogP contribution in [0.4, 0.5) is 0 Å². The molecule has 1 fully saturated rings. The number of carbonyl (C=O) groups is 1. The van der Waals surface area contributed by atoms with E-state index in [9.17, 15) is 4.79 Å². The molecule has 0 saturated carbocycles. The number of nitrogens with zero attached hydrogens (tertiary/aromatic N) is 1. The molecule has 32 heavy (non-hydrogen) atoms. The van der Waals surface area contributed by atoms with Gasteiger partial charge in [0.05, 0.1) is 27.9 Å². The van der Waals surface area contributed by atoms with Crippen molar-refractivity contribution in [1.82, 2.24) is 10.2 Å². The van der Waals surface area contributed by atoms with Gasteiger partial charge in [-0.05, 0) is 53.1 Å². The second-order valence-corrected chi connectivity index (χ2v) is 7.42. The highest BCUT2D eigenvalue weighted by Crippen LogP contribution is 2.38. The fourth-order valence-electron chi connectivity index (χ4n) is 3.91. The number of hydrogen-bond donors (Lipinski definition) is 2. The first-order chi connectivity index (χ1) is 15.5. The molecule has 0 aromatic heterocycles. The zero-order valence-electron chi connectivity index (χ0n) is 18.2. The average molecular weight is 431 g/mol. The van der Waals surface area contributed by atoms with Crippen LogP contribution in [0.5, 0.6) is 17.2 Å². The second-order valence-electron chi connectivity index (χ2n) is 7.42. The standard InChI is InChI=1S/C25H25N3O4/c1-30-20-10-4-17(5-11-20)16-28-23(29)25(27-24(28)26,18-6-12-21(31-2)13-7-18)19-8-14-22(32-3)15-9-19/h4-15H,16H2,1-3H3,(H2,26,27). The molecule has 1 saturated heterocycles. The van der Waals surface area contributed by atoms with E-state index in [2.05, 4.69) is 5.32 Å². The molecular formula is C25H25N3O4. The molecule has 164 valence electrons. The zero-order valence-corrected chi connectivity index (χ0v) is 18.2. The normalized spacial score (nSPS) is 14.8. The van der Waals surface area contributed by atoms with Crippen molar-refractivity contribution >= 4 is 11.9 Å². The number of ether oxygens (including phenoxy) is 3. The highest BCUT2D eigenvalue weighted by atomic mass is 16.5. The maximum Gasteiger partial charge on any atom is 0.264 e. The van der Waals surface area contributed by atoms with Gasteiger partial charge in [-0.3, -0.25) is 15.1 Å². The Labute approximate surface area is 187 Å². The lowest BCUT2D eigenvalue weighted by molar-refractivity contribution is -0.130. The first kappa shape index (κ1) is 21.2. The highest BCUT2D eigenvalue weighted by molar-refractivity contribution is 6.10. The summed E-state index contributed by atoms with van der Waals surface area (Å²) in [5.74, 6) is 1.93. The molecular weight excluding hydrogens is 406 g/mol. The molecule has 2 N–H and O–H groups in total. The third-order valence-electron chi connectivity index (χ3n) is 5.69. The van der Waals surface area contributed by atoms with E-state index in [0.717, 1.165) is 22.4 Å². The minimum atomic E-state index is -1.23. The number of guanidine groups is 1. The Morgan fingerprint density at radius 3 is 1.56 bits per heavy atom. The maximum atomic E-state index is 13.9. The van der Waals surface area contributed by atoms with Gasteiger partial charge in [-0.15, -0.1) is 0 Å². The molecule has 1 heterocycles. The van der Waals surface area contributed by atoms with Crippen molar-refractivity contribution in [3.05, 3.63) is 89.5 Å². The summed E-state index contributed by atoms with van der Waals surface area (Å²) in [5.41, 5.74) is 1.10. The smallest absolute Gasteiger partial charge is 0.264 e. The van der Waals surface area contributed by atoms with Crippen LogP contribution in [0.2, 0.25) is 0 Å². The highest BCUT2D eigenvalue weighted by Gasteiger charge is 2.52. The summed E-state index contributed by atoms with van der Waals surface area (Å²) in [7, 11) is 4.80. The fourth-order valence-corrected chi connectivity index (χ4v) is 3.91. The second kappa shape index (κ2) is 8.63. The molecule has 0 unspecified atom stereocenters. The summed E-state index contributed by atoms with van der Waals surface area (Å²) in [4.78, 5) is 15.4. The molecule has 7 nitrogen and oxygen atoms in total. The number of hydrogen-bond acceptors (Lipinski definition) is 5. The van der Waals surface area contributed by atoms with Crippen LogP contribution in [0.3, 0.4) is 0 Å². The third-order valence-corrected chi connectivity index (χ3v) is 5.69. The van der Waals surface area contributed by atoms with Crippen molar-refractivity contribution in [2.75, 3.05) is 21.3 Å². The predicted molar refractivity (Wildman–Crippen MR) is 121 cm³/mol. The lowest BCUT2D eigenvalue weighted by Crippen LogP contribution is -2.45. The largest absolute Gasteiger partial charge is 0.497 e. The summed E-state index contributed by atoms with van der Waals surface area (Å²) in [6, 6.07) is 22.1. The van der Waals surface area contributed by atoms with Crippen LogP contribution in [0.15, 0.2) is 72.8 Å². The fraction of sp³-hybridized carbons (Fsp3) is 0.200. The van der Waals surface area contributed by atoms with Gasteiger partial charge < -0.3 is 19.5 Å². The maximum absolute atomic E-state index is 13.9. The number of methoxy groups -OCH3 is 3. The molecule has 4 rings (SSSR count). The molecule has 1 aliphatic heterocycles. The van der Waals surface area contributed by atoms with Crippen molar-refractivity contribution in [3.8, 4) is 17.2 Å². The molecule has 0 atom stereocenters. The van der Waals surface area contributed by atoms with Crippen LogP contribution in [0, 0.1) is 5.41 Å². The summed E-state index contributed by atoms with van der Waals surface area (Å²) >= 11 is 0. The van der Waals surface area contributed by atoms with Crippen molar-refractivity contribution < 1.29 is 19.0 Å². The van der Waals surface area contributed by atoms with E-state index in [0.29, 0.717) is 11.5 Å². The lowest BCUT2D eigenvalue weighted by Gasteiger charge is -2.28. The van der Waals surface area contributed by atoms with Gasteiger partial charge in [-0.2, -0.15) is 0 Å². The number of rotatable bonds is 7. The molecule has 1 amide bonds. The molecule has 0 bridgehead atoms. The van der Waals surface area contributed by atoms with Crippen LogP contribution in [-0.2, 0) is 16.9 Å². The van der Waals surface area contributed by atoms with Gasteiger partial charge >= 0.3 is 0 Å². The Hall–Kier alpha value is -4.00. The molecule has 0 radical (unpaired) electrons. The minimum Gasteiger partial charge on any atom is -0.497 e. The van der Waals surface area contributed by atoms with Gasteiger partial charge in [0, 0.05) is 0 Å². The summed E-state index contributed by atoms with van der Waals surface area (Å²) in [6.45, 7) is 0.267. The van der Waals surface area contributed by atoms with Gasteiger partial charge in [-0.1, -0.05) is 36.4 Å². The topological polar surface area (TPSA) is 83.9 Å². The van der Waals surface area contributed by atoms with Gasteiger partial charge in [0.2, 0.25) is 0 Å². The quantitative estimate of drug-likeness (QED) is 0.598. The SMILES string of the molecule is COc1ccc(CN2C(=N)NC(c3ccc(OC)cc3)(c3ccc(OC)cc3)C2=O)cc1. The molecule has 3 aromatic rings. The Bertz CT molecular complexity index is 1060. The van der Waals surface area contributed by atoms with Crippen LogP contribution in [0.25, 0.3) is 0 Å². The van der Waals surface area contributed by atoms with E-state index in [-0.39, 0.29) is 18.4 Å². The number of carbonyl (C=O) groups excluding carboxylic acids is 1. The monoisotopic (exact) mass is 431 g/mol. The van der Waals surface area contributed by atoms with Crippen molar-refractivity contribution in [2.24, 2.45) is 0 Å². The predicted octanol–water partition coefficient (Wildman–Crippen LogP) is 3.52. The van der Waals surface area contributed by atoms with Crippen LogP contribution in [-0.4, -0.2) is 38.1 Å². The van der Waals surface area contributed by atoms with Gasteiger partial charge in [0.1, 0.15) is 17.2 Å². The van der Waals surface area contributed by atoms with E-state index < -0.39 is 5.54 Å². The van der Waals surface area contributed by atoms with Crippen molar-refractivity contribution in [1.29, 1.82) is 5.41 Å². The van der Waals surface area contributed by atoms with E-state index in [4.69, 9.17) is 19.6 Å². The van der Waals surface area contributed by atoms with Crippen molar-refractivity contribution in [2.45, 2.75) is 12.1 Å². The summed E-state index contributed by atoms with van der Waals surface area (Å²) < 4.78 is 15.8. The first-order valence-corrected chi connectivity index (χ1v) is 10.1. The van der Waals surface area contributed by atoms with Gasteiger partial charge in [0.25, 0.3) is 5.91 Å². The van der Waals surface area contributed by atoms with Gasteiger partial charge in [0.15, 0.2) is 11.5 Å². The summed E-state index contributed by atoms with van der Waals surface area (Å²) in [5, 5.41) is 11.8. The Morgan fingerprint density at radius 1 is 0.750 bits per heavy atom. The van der Waals surface area contributed by atoms with Crippen LogP contribution in [0.1, 0.15) is 16.7 Å². The third kappa shape index (κ3) is 3.62. The Kier molecular flexibility index (Phi) is 5.73. The van der Waals surface area contributed by atoms with E-state index in [1.165, 1.54) is 4.90 Å². The minimum absolute atomic E-state index is 0.0393. The Balaban J connectivity index is 1.76. The zero-order chi connectivity index (χ0) is 22.7. The van der Waals surface area contributed by atoms with Crippen LogP contribution < -0.4 is 19.5 Å². The number of benzene rings is 3. The van der Waals surface area contributed by atoms with E-state index in [1.54, 1.807) is 21.3 Å². The molecule has 1 aliphatic rings. The van der Waals surface area contributed by atoms with Gasteiger partial charge in [-0.25, -0.2) is 0 Å². The summed E-state index contributed by atoms with van der Waals surface area (Å²) in [6.07, 6.45) is 0. The molecule has 0 spiro atoms. The molecule has 3 aromatic carbocycles. The first-order valence-electron chi connectivity index (χ1n) is 10.1. The van der Waals surface area contributed by atoms with E-state index in [1.807, 2.05) is 72.8 Å². The van der Waals surface area contributed by atoms with E-state index >= 15 is 0 Å². The molecule has 0 aliphatic carbocycles. The average Bonchev–Trinajstić information content (AvgIpc) is 3.10. The Morgan fingerprint density at radius 2 is 1.16 bits per heavy atom. The van der Waals surface area contributed by atoms with Crippen LogP contribution >= 0.6 is 0 Å².